The van der Waals surface area contributed by atoms with Gasteiger partial charge >= 0.3 is 5.97 Å². The van der Waals surface area contributed by atoms with Crippen molar-refractivity contribution in [2.75, 3.05) is 0 Å². The molecule has 1 aliphatic carbocycles. The number of carbonyl (C=O) groups excluding carboxylic acids is 1. The summed E-state index contributed by atoms with van der Waals surface area (Å²) in [6.07, 6.45) is 11.5. The first kappa shape index (κ1) is 19.7. The SMILES string of the molecule is CCCCCC(=O)/C=C/[C@@H]1[C@H]2C/C(=C\CCCC(=O)O)O[C@H]2C[C@H]1O. The van der Waals surface area contributed by atoms with Crippen LogP contribution in [0, 0.1) is 11.8 Å². The molecular formula is C20H30O5. The number of rotatable bonds is 10. The normalized spacial score (nSPS) is 29.9. The van der Waals surface area contributed by atoms with Crippen molar-refractivity contribution in [2.45, 2.75) is 76.9 Å². The molecule has 0 amide bonds. The van der Waals surface area contributed by atoms with Gasteiger partial charge in [-0.05, 0) is 31.4 Å². The van der Waals surface area contributed by atoms with Gasteiger partial charge in [0.15, 0.2) is 5.78 Å². The molecule has 1 saturated heterocycles. The second-order valence-electron chi connectivity index (χ2n) is 7.14. The predicted molar refractivity (Wildman–Crippen MR) is 95.0 cm³/mol. The van der Waals surface area contributed by atoms with Gasteiger partial charge in [0, 0.05) is 37.5 Å². The summed E-state index contributed by atoms with van der Waals surface area (Å²) in [5, 5.41) is 18.9. The van der Waals surface area contributed by atoms with Crippen LogP contribution in [0.15, 0.2) is 24.0 Å². The Bertz CT molecular complexity index is 522. The van der Waals surface area contributed by atoms with Gasteiger partial charge in [0.2, 0.25) is 0 Å². The number of allylic oxidation sites excluding steroid dienone is 3. The van der Waals surface area contributed by atoms with E-state index in [-0.39, 0.29) is 30.1 Å². The summed E-state index contributed by atoms with van der Waals surface area (Å²) in [6, 6.07) is 0. The molecule has 2 N–H and O–H groups in total. The zero-order valence-electron chi connectivity index (χ0n) is 15.0. The molecule has 0 aromatic heterocycles. The Morgan fingerprint density at radius 3 is 2.76 bits per heavy atom. The first-order chi connectivity index (χ1) is 12.0. The molecule has 2 aliphatic rings. The first-order valence-electron chi connectivity index (χ1n) is 9.47. The monoisotopic (exact) mass is 350 g/mol. The number of unbranched alkanes of at least 4 members (excludes halogenated alkanes) is 3. The first-order valence-corrected chi connectivity index (χ1v) is 9.47. The largest absolute Gasteiger partial charge is 0.495 e. The van der Waals surface area contributed by atoms with Gasteiger partial charge in [-0.25, -0.2) is 0 Å². The van der Waals surface area contributed by atoms with Gasteiger partial charge in [0.25, 0.3) is 0 Å². The van der Waals surface area contributed by atoms with E-state index in [9.17, 15) is 14.7 Å². The Morgan fingerprint density at radius 1 is 1.24 bits per heavy atom. The van der Waals surface area contributed by atoms with Gasteiger partial charge in [-0.2, -0.15) is 0 Å². The zero-order valence-corrected chi connectivity index (χ0v) is 15.0. The lowest BCUT2D eigenvalue weighted by molar-refractivity contribution is -0.137. The van der Waals surface area contributed by atoms with Crippen LogP contribution in [0.25, 0.3) is 0 Å². The standard InChI is InChI=1S/C20H30O5/c1-2-3-4-7-14(21)10-11-16-17-12-15(8-5-6-9-20(23)24)25-19(17)13-18(16)22/h8,10-11,16-19,22H,2-7,9,12-13H2,1H3,(H,23,24)/b11-10+,15-8+/t16-,17-,18-,19+/m1/s1. The van der Waals surface area contributed by atoms with Crippen LogP contribution >= 0.6 is 0 Å². The third-order valence-corrected chi connectivity index (χ3v) is 5.13. The molecule has 140 valence electrons. The molecule has 25 heavy (non-hydrogen) atoms. The molecule has 0 aromatic carbocycles. The molecule has 1 heterocycles. The summed E-state index contributed by atoms with van der Waals surface area (Å²) in [4.78, 5) is 22.4. The molecule has 5 nitrogen and oxygen atoms in total. The van der Waals surface area contributed by atoms with Crippen molar-refractivity contribution in [1.29, 1.82) is 0 Å². The van der Waals surface area contributed by atoms with E-state index in [0.29, 0.717) is 25.7 Å². The minimum atomic E-state index is -0.778. The van der Waals surface area contributed by atoms with Crippen molar-refractivity contribution in [3.05, 3.63) is 24.0 Å². The average molecular weight is 350 g/mol. The predicted octanol–water partition coefficient (Wildman–Crippen LogP) is 3.62. The molecule has 1 saturated carbocycles. The van der Waals surface area contributed by atoms with Crippen LogP contribution in [0.4, 0.5) is 0 Å². The number of carboxylic acid groups (broad SMARTS) is 1. The Labute approximate surface area is 149 Å². The summed E-state index contributed by atoms with van der Waals surface area (Å²) >= 11 is 0. The van der Waals surface area contributed by atoms with Gasteiger partial charge in [-0.15, -0.1) is 0 Å². The van der Waals surface area contributed by atoms with Crippen molar-refractivity contribution in [3.8, 4) is 0 Å². The van der Waals surface area contributed by atoms with Crippen molar-refractivity contribution in [3.63, 3.8) is 0 Å². The summed E-state index contributed by atoms with van der Waals surface area (Å²) in [6.45, 7) is 2.11. The van der Waals surface area contributed by atoms with Crippen LogP contribution in [0.2, 0.25) is 0 Å². The Hall–Kier alpha value is -1.62. The molecule has 0 spiro atoms. The molecule has 0 radical (unpaired) electrons. The topological polar surface area (TPSA) is 83.8 Å². The van der Waals surface area contributed by atoms with E-state index in [0.717, 1.165) is 31.4 Å². The Kier molecular flexibility index (Phi) is 7.69. The summed E-state index contributed by atoms with van der Waals surface area (Å²) in [5.74, 6) is 0.428. The second-order valence-corrected chi connectivity index (χ2v) is 7.14. The number of fused-ring (bicyclic) bond motifs is 1. The highest BCUT2D eigenvalue weighted by Gasteiger charge is 2.46. The van der Waals surface area contributed by atoms with Gasteiger partial charge in [0.1, 0.15) is 6.10 Å². The number of ether oxygens (including phenoxy) is 1. The number of hydrogen-bond acceptors (Lipinski definition) is 4. The van der Waals surface area contributed by atoms with Crippen LogP contribution in [0.3, 0.4) is 0 Å². The summed E-state index contributed by atoms with van der Waals surface area (Å²) in [5.41, 5.74) is 0. The van der Waals surface area contributed by atoms with E-state index in [1.807, 2.05) is 12.2 Å². The van der Waals surface area contributed by atoms with Crippen LogP contribution in [-0.2, 0) is 14.3 Å². The molecule has 4 atom stereocenters. The summed E-state index contributed by atoms with van der Waals surface area (Å²) in [7, 11) is 0. The van der Waals surface area contributed by atoms with Gasteiger partial charge in [-0.3, -0.25) is 9.59 Å². The average Bonchev–Trinajstić information content (AvgIpc) is 3.06. The van der Waals surface area contributed by atoms with E-state index in [1.54, 1.807) is 6.08 Å². The Balaban J connectivity index is 1.84. The number of ketones is 1. The van der Waals surface area contributed by atoms with Crippen LogP contribution in [0.5, 0.6) is 0 Å². The van der Waals surface area contributed by atoms with Gasteiger partial charge < -0.3 is 14.9 Å². The quantitative estimate of drug-likeness (QED) is 0.464. The lowest BCUT2D eigenvalue weighted by atomic mass is 9.90. The van der Waals surface area contributed by atoms with E-state index >= 15 is 0 Å². The van der Waals surface area contributed by atoms with Crippen molar-refractivity contribution in [2.24, 2.45) is 11.8 Å². The van der Waals surface area contributed by atoms with E-state index in [1.165, 1.54) is 0 Å². The highest BCUT2D eigenvalue weighted by molar-refractivity contribution is 5.89. The van der Waals surface area contributed by atoms with Crippen LogP contribution in [0.1, 0.15) is 64.7 Å². The maximum Gasteiger partial charge on any atom is 0.303 e. The van der Waals surface area contributed by atoms with Crippen molar-refractivity contribution >= 4 is 11.8 Å². The Morgan fingerprint density at radius 2 is 2.04 bits per heavy atom. The minimum absolute atomic E-state index is 0.00515. The van der Waals surface area contributed by atoms with E-state index < -0.39 is 12.1 Å². The van der Waals surface area contributed by atoms with Crippen LogP contribution < -0.4 is 0 Å². The van der Waals surface area contributed by atoms with Crippen molar-refractivity contribution < 1.29 is 24.5 Å². The molecule has 0 aromatic rings. The summed E-state index contributed by atoms with van der Waals surface area (Å²) < 4.78 is 5.91. The van der Waals surface area contributed by atoms with E-state index in [4.69, 9.17) is 9.84 Å². The third kappa shape index (κ3) is 5.99. The fourth-order valence-corrected chi connectivity index (χ4v) is 3.75. The van der Waals surface area contributed by atoms with E-state index in [2.05, 4.69) is 6.92 Å². The zero-order chi connectivity index (χ0) is 18.2. The number of aliphatic carboxylic acids is 1. The lowest BCUT2D eigenvalue weighted by Gasteiger charge is -2.14. The maximum absolute atomic E-state index is 11.9. The molecule has 2 fully saturated rings. The molecule has 0 bridgehead atoms. The van der Waals surface area contributed by atoms with Crippen molar-refractivity contribution in [1.82, 2.24) is 0 Å². The number of hydrogen-bond donors (Lipinski definition) is 2. The second kappa shape index (κ2) is 9.76. The number of aliphatic hydroxyl groups excluding tert-OH is 1. The molecule has 1 aliphatic heterocycles. The molecule has 2 rings (SSSR count). The fraction of sp³-hybridized carbons (Fsp3) is 0.700. The highest BCUT2D eigenvalue weighted by Crippen LogP contribution is 2.45. The molecule has 0 unspecified atom stereocenters. The van der Waals surface area contributed by atoms with Gasteiger partial charge in [0.05, 0.1) is 11.9 Å². The maximum atomic E-state index is 11.9. The molecule has 5 heteroatoms. The minimum Gasteiger partial charge on any atom is -0.495 e. The number of aliphatic hydroxyl groups is 1. The third-order valence-electron chi connectivity index (χ3n) is 5.13. The number of carboxylic acids is 1. The fourth-order valence-electron chi connectivity index (χ4n) is 3.75. The highest BCUT2D eigenvalue weighted by atomic mass is 16.5. The van der Waals surface area contributed by atoms with Gasteiger partial charge in [-0.1, -0.05) is 25.8 Å². The lowest BCUT2D eigenvalue weighted by Crippen LogP contribution is -2.17. The van der Waals surface area contributed by atoms with Crippen LogP contribution in [-0.4, -0.2) is 34.2 Å². The number of carbonyl (C=O) groups is 2. The smallest absolute Gasteiger partial charge is 0.303 e. The molecular weight excluding hydrogens is 320 g/mol.